The second-order valence-corrected chi connectivity index (χ2v) is 11.7. The molecule has 0 aliphatic carbocycles. The number of esters is 1. The number of methoxy groups -OCH3 is 1. The number of carbonyl (C=O) groups excluding carboxylic acids is 1. The molecule has 2 aromatic carbocycles. The predicted molar refractivity (Wildman–Crippen MR) is 173 cm³/mol. The number of fused-ring (bicyclic) bond motifs is 2. The number of aromatic nitrogens is 3. The molecule has 1 unspecified atom stereocenters. The van der Waals surface area contributed by atoms with Crippen LogP contribution in [-0.2, 0) is 9.53 Å². The number of allylic oxidation sites excluding steroid dienone is 1. The van der Waals surface area contributed by atoms with Crippen LogP contribution in [0.2, 0.25) is 0 Å². The van der Waals surface area contributed by atoms with E-state index in [1.165, 1.54) is 11.3 Å². The highest BCUT2D eigenvalue weighted by Crippen LogP contribution is 2.41. The van der Waals surface area contributed by atoms with Crippen LogP contribution < -0.4 is 19.6 Å². The SMILES string of the molecule is CCCC1=C(C(=O)OCC)C(c2c(OC)ccc3ccccc23)n2c(sc(=Cc3cc(C)n(-c4cccnc4)c3C)c2=O)=N1. The van der Waals surface area contributed by atoms with Gasteiger partial charge in [0.2, 0.25) is 0 Å². The van der Waals surface area contributed by atoms with E-state index < -0.39 is 12.0 Å². The first-order valence-electron chi connectivity index (χ1n) is 14.7. The topological polar surface area (TPSA) is 87.7 Å². The number of rotatable bonds is 8. The molecule has 1 aliphatic rings. The summed E-state index contributed by atoms with van der Waals surface area (Å²) >= 11 is 1.33. The maximum absolute atomic E-state index is 14.5. The molecule has 8 nitrogen and oxygen atoms in total. The Morgan fingerprint density at radius 1 is 1.09 bits per heavy atom. The number of pyridine rings is 1. The standard InChI is InChI=1S/C35H34N4O4S/c1-6-11-27-31(34(41)43-7-2)32(30-26-14-9-8-12-23(26)15-16-28(30)42-5)39-33(40)29(44-35(39)37-27)19-24-18-21(3)38(22(24)4)25-13-10-17-36-20-25/h8-10,12-20,32H,6-7,11H2,1-5H3. The van der Waals surface area contributed by atoms with Crippen LogP contribution in [0.1, 0.15) is 55.2 Å². The van der Waals surface area contributed by atoms with Crippen molar-refractivity contribution in [3.05, 3.63) is 120 Å². The van der Waals surface area contributed by atoms with Gasteiger partial charge in [-0.1, -0.05) is 55.0 Å². The summed E-state index contributed by atoms with van der Waals surface area (Å²) in [4.78, 5) is 37.9. The molecule has 0 bridgehead atoms. The minimum atomic E-state index is -0.780. The first-order valence-corrected chi connectivity index (χ1v) is 15.6. The molecule has 0 fully saturated rings. The largest absolute Gasteiger partial charge is 0.496 e. The summed E-state index contributed by atoms with van der Waals surface area (Å²) in [6.45, 7) is 8.10. The number of hydrogen-bond donors (Lipinski definition) is 0. The maximum atomic E-state index is 14.5. The van der Waals surface area contributed by atoms with Gasteiger partial charge in [-0.15, -0.1) is 0 Å². The zero-order chi connectivity index (χ0) is 31.0. The molecule has 1 atom stereocenters. The van der Waals surface area contributed by atoms with Crippen LogP contribution in [0.3, 0.4) is 0 Å². The van der Waals surface area contributed by atoms with Crippen LogP contribution in [0.25, 0.3) is 22.5 Å². The highest BCUT2D eigenvalue weighted by molar-refractivity contribution is 7.07. The predicted octanol–water partition coefficient (Wildman–Crippen LogP) is 5.54. The van der Waals surface area contributed by atoms with Crippen LogP contribution in [0.5, 0.6) is 5.75 Å². The zero-order valence-electron chi connectivity index (χ0n) is 25.5. The summed E-state index contributed by atoms with van der Waals surface area (Å²) in [5.41, 5.74) is 5.42. The number of thiazole rings is 1. The number of nitrogens with zero attached hydrogens (tertiary/aromatic N) is 4. The van der Waals surface area contributed by atoms with Gasteiger partial charge in [0.05, 0.1) is 41.4 Å². The van der Waals surface area contributed by atoms with Gasteiger partial charge in [0.1, 0.15) is 11.8 Å². The van der Waals surface area contributed by atoms with Crippen molar-refractivity contribution in [2.24, 2.45) is 4.99 Å². The third-order valence-corrected chi connectivity index (χ3v) is 8.96. The number of benzene rings is 2. The van der Waals surface area contributed by atoms with Gasteiger partial charge in [-0.05, 0) is 73.9 Å². The molecule has 0 saturated carbocycles. The Bertz CT molecular complexity index is 2100. The minimum Gasteiger partial charge on any atom is -0.496 e. The number of aryl methyl sites for hydroxylation is 1. The van der Waals surface area contributed by atoms with Gasteiger partial charge in [-0.2, -0.15) is 0 Å². The summed E-state index contributed by atoms with van der Waals surface area (Å²) in [5.74, 6) is 0.108. The third kappa shape index (κ3) is 4.97. The van der Waals surface area contributed by atoms with E-state index in [0.717, 1.165) is 45.4 Å². The van der Waals surface area contributed by atoms with Crippen molar-refractivity contribution in [2.75, 3.05) is 13.7 Å². The Morgan fingerprint density at radius 2 is 1.91 bits per heavy atom. The Hall–Kier alpha value is -4.76. The fourth-order valence-corrected chi connectivity index (χ4v) is 7.10. The van der Waals surface area contributed by atoms with E-state index in [0.29, 0.717) is 32.8 Å². The zero-order valence-corrected chi connectivity index (χ0v) is 26.3. The molecule has 5 aromatic rings. The van der Waals surface area contributed by atoms with E-state index in [2.05, 4.69) is 15.6 Å². The van der Waals surface area contributed by atoms with Crippen molar-refractivity contribution >= 4 is 34.2 Å². The Kier molecular flexibility index (Phi) is 8.05. The lowest BCUT2D eigenvalue weighted by atomic mass is 9.90. The molecule has 0 N–H and O–H groups in total. The molecule has 6 rings (SSSR count). The minimum absolute atomic E-state index is 0.206. The summed E-state index contributed by atoms with van der Waals surface area (Å²) in [7, 11) is 1.61. The van der Waals surface area contributed by atoms with Gasteiger partial charge in [0.15, 0.2) is 4.80 Å². The van der Waals surface area contributed by atoms with E-state index >= 15 is 0 Å². The van der Waals surface area contributed by atoms with Crippen molar-refractivity contribution in [1.82, 2.24) is 14.1 Å². The smallest absolute Gasteiger partial charge is 0.338 e. The Morgan fingerprint density at radius 3 is 2.64 bits per heavy atom. The highest BCUT2D eigenvalue weighted by atomic mass is 32.1. The number of ether oxygens (including phenoxy) is 2. The van der Waals surface area contributed by atoms with Gasteiger partial charge in [-0.25, -0.2) is 9.79 Å². The number of carbonyl (C=O) groups is 1. The quantitative estimate of drug-likeness (QED) is 0.217. The van der Waals surface area contributed by atoms with Crippen molar-refractivity contribution in [2.45, 2.75) is 46.6 Å². The first-order chi connectivity index (χ1) is 21.4. The van der Waals surface area contributed by atoms with E-state index in [9.17, 15) is 9.59 Å². The van der Waals surface area contributed by atoms with Gasteiger partial charge >= 0.3 is 5.97 Å². The van der Waals surface area contributed by atoms with Crippen LogP contribution >= 0.6 is 11.3 Å². The maximum Gasteiger partial charge on any atom is 0.338 e. The van der Waals surface area contributed by atoms with Crippen molar-refractivity contribution in [3.8, 4) is 11.4 Å². The summed E-state index contributed by atoms with van der Waals surface area (Å²) in [6, 6.07) is 17.0. The van der Waals surface area contributed by atoms with Crippen LogP contribution in [0, 0.1) is 13.8 Å². The molecule has 0 saturated heterocycles. The second kappa shape index (κ2) is 12.1. The van der Waals surface area contributed by atoms with Gasteiger partial charge < -0.3 is 14.0 Å². The summed E-state index contributed by atoms with van der Waals surface area (Å²) < 4.78 is 15.8. The third-order valence-electron chi connectivity index (χ3n) is 7.98. The van der Waals surface area contributed by atoms with E-state index in [-0.39, 0.29) is 12.2 Å². The molecule has 0 radical (unpaired) electrons. The van der Waals surface area contributed by atoms with E-state index in [1.807, 2.05) is 81.6 Å². The Balaban J connectivity index is 1.65. The molecule has 1 aliphatic heterocycles. The molecule has 9 heteroatoms. The fraction of sp³-hybridized carbons (Fsp3) is 0.257. The van der Waals surface area contributed by atoms with Crippen molar-refractivity contribution < 1.29 is 14.3 Å². The lowest BCUT2D eigenvalue weighted by Gasteiger charge is -2.28. The molecular formula is C35H34N4O4S. The first kappa shape index (κ1) is 29.3. The molecule has 224 valence electrons. The van der Waals surface area contributed by atoms with Crippen LogP contribution in [0.15, 0.2) is 88.0 Å². The van der Waals surface area contributed by atoms with Crippen LogP contribution in [-0.4, -0.2) is 33.8 Å². The average molecular weight is 607 g/mol. The lowest BCUT2D eigenvalue weighted by Crippen LogP contribution is -2.40. The summed E-state index contributed by atoms with van der Waals surface area (Å²) in [5, 5.41) is 1.87. The van der Waals surface area contributed by atoms with Crippen molar-refractivity contribution in [3.63, 3.8) is 0 Å². The molecule has 3 aromatic heterocycles. The fourth-order valence-electron chi connectivity index (χ4n) is 6.09. The van der Waals surface area contributed by atoms with Gasteiger partial charge in [-0.3, -0.25) is 14.3 Å². The molecule has 0 amide bonds. The molecule has 0 spiro atoms. The van der Waals surface area contributed by atoms with Gasteiger partial charge in [0.25, 0.3) is 5.56 Å². The highest BCUT2D eigenvalue weighted by Gasteiger charge is 2.37. The van der Waals surface area contributed by atoms with E-state index in [4.69, 9.17) is 14.5 Å². The summed E-state index contributed by atoms with van der Waals surface area (Å²) in [6.07, 6.45) is 6.83. The second-order valence-electron chi connectivity index (χ2n) is 10.7. The monoisotopic (exact) mass is 606 g/mol. The Labute approximate surface area is 259 Å². The lowest BCUT2D eigenvalue weighted by molar-refractivity contribution is -0.139. The molecule has 4 heterocycles. The molecule has 44 heavy (non-hydrogen) atoms. The normalized spacial score (nSPS) is 14.9. The van der Waals surface area contributed by atoms with Gasteiger partial charge in [0, 0.05) is 23.1 Å². The number of hydrogen-bond acceptors (Lipinski definition) is 7. The average Bonchev–Trinajstić information content (AvgIpc) is 3.49. The van der Waals surface area contributed by atoms with E-state index in [1.54, 1.807) is 24.8 Å². The van der Waals surface area contributed by atoms with Crippen LogP contribution in [0.4, 0.5) is 0 Å². The van der Waals surface area contributed by atoms with Crippen molar-refractivity contribution in [1.29, 1.82) is 0 Å². The molecular weight excluding hydrogens is 572 g/mol.